The number of nitrogens with two attached hydrogens (primary N) is 1. The van der Waals surface area contributed by atoms with Crippen LogP contribution < -0.4 is 5.84 Å². The van der Waals surface area contributed by atoms with E-state index in [0.29, 0.717) is 11.0 Å². The quantitative estimate of drug-likeness (QED) is 0.579. The molecule has 0 radical (unpaired) electrons. The molecule has 0 saturated heterocycles. The standard InChI is InChI=1S/C17H16N4S/c18-21-16(15-11-5-2-6-12-15)19-20-17(21)22-13-7-10-14-8-3-1-4-9-14/h1-12H,13,18H2. The first-order chi connectivity index (χ1) is 10.8. The number of thioether (sulfide) groups is 1. The van der Waals surface area contributed by atoms with Crippen molar-refractivity contribution < 1.29 is 0 Å². The molecule has 4 nitrogen and oxygen atoms in total. The van der Waals surface area contributed by atoms with Crippen LogP contribution >= 0.6 is 11.8 Å². The van der Waals surface area contributed by atoms with Crippen molar-refractivity contribution in [2.45, 2.75) is 5.16 Å². The van der Waals surface area contributed by atoms with Crippen LogP contribution in [0.25, 0.3) is 17.5 Å². The largest absolute Gasteiger partial charge is 0.335 e. The highest BCUT2D eigenvalue weighted by molar-refractivity contribution is 7.99. The summed E-state index contributed by atoms with van der Waals surface area (Å²) in [6.07, 6.45) is 4.18. The van der Waals surface area contributed by atoms with E-state index in [0.717, 1.165) is 11.3 Å². The lowest BCUT2D eigenvalue weighted by Crippen LogP contribution is -2.11. The van der Waals surface area contributed by atoms with Gasteiger partial charge in [0.1, 0.15) is 0 Å². The number of hydrogen-bond acceptors (Lipinski definition) is 4. The molecule has 3 rings (SSSR count). The van der Waals surface area contributed by atoms with E-state index in [9.17, 15) is 0 Å². The summed E-state index contributed by atoms with van der Waals surface area (Å²) in [6, 6.07) is 20.0. The summed E-state index contributed by atoms with van der Waals surface area (Å²) in [6.45, 7) is 0. The molecular weight excluding hydrogens is 292 g/mol. The summed E-state index contributed by atoms with van der Waals surface area (Å²) >= 11 is 1.56. The minimum absolute atomic E-state index is 0.676. The fourth-order valence-electron chi connectivity index (χ4n) is 2.03. The van der Waals surface area contributed by atoms with Gasteiger partial charge in [-0.1, -0.05) is 84.6 Å². The minimum Gasteiger partial charge on any atom is -0.335 e. The molecule has 0 aliphatic rings. The van der Waals surface area contributed by atoms with Crippen molar-refractivity contribution in [2.75, 3.05) is 11.6 Å². The smallest absolute Gasteiger partial charge is 0.210 e. The van der Waals surface area contributed by atoms with Crippen LogP contribution in [0.1, 0.15) is 5.56 Å². The monoisotopic (exact) mass is 308 g/mol. The average Bonchev–Trinajstić information content (AvgIpc) is 2.94. The third-order valence-electron chi connectivity index (χ3n) is 3.12. The third kappa shape index (κ3) is 3.38. The van der Waals surface area contributed by atoms with Gasteiger partial charge in [-0.25, -0.2) is 4.68 Å². The Kier molecular flexibility index (Phi) is 4.56. The Balaban J connectivity index is 1.65. The van der Waals surface area contributed by atoms with Crippen LogP contribution in [0.4, 0.5) is 0 Å². The highest BCUT2D eigenvalue weighted by atomic mass is 32.2. The van der Waals surface area contributed by atoms with Crippen LogP contribution in [0.15, 0.2) is 71.9 Å². The number of benzene rings is 2. The fraction of sp³-hybridized carbons (Fsp3) is 0.0588. The van der Waals surface area contributed by atoms with Crippen molar-refractivity contribution in [1.82, 2.24) is 14.9 Å². The third-order valence-corrected chi connectivity index (χ3v) is 4.01. The van der Waals surface area contributed by atoms with Crippen LogP contribution in [-0.2, 0) is 0 Å². The molecule has 1 heterocycles. The molecule has 0 atom stereocenters. The van der Waals surface area contributed by atoms with Gasteiger partial charge < -0.3 is 5.84 Å². The summed E-state index contributed by atoms with van der Waals surface area (Å²) in [5.74, 6) is 7.54. The topological polar surface area (TPSA) is 56.7 Å². The lowest BCUT2D eigenvalue weighted by molar-refractivity contribution is 0.851. The fourth-order valence-corrected chi connectivity index (χ4v) is 2.70. The molecule has 110 valence electrons. The molecule has 0 aliphatic heterocycles. The summed E-state index contributed by atoms with van der Waals surface area (Å²) in [4.78, 5) is 0. The predicted octanol–water partition coefficient (Wildman–Crippen LogP) is 3.46. The maximum atomic E-state index is 6.08. The molecule has 0 bridgehead atoms. The second-order valence-electron chi connectivity index (χ2n) is 4.67. The zero-order valence-corrected chi connectivity index (χ0v) is 12.8. The van der Waals surface area contributed by atoms with E-state index in [1.807, 2.05) is 48.5 Å². The molecule has 0 amide bonds. The zero-order chi connectivity index (χ0) is 15.2. The van der Waals surface area contributed by atoms with Crippen LogP contribution in [0.2, 0.25) is 0 Å². The number of hydrogen-bond donors (Lipinski definition) is 1. The SMILES string of the molecule is Nn1c(SCC=Cc2ccccc2)nnc1-c1ccccc1. The molecule has 0 spiro atoms. The van der Waals surface area contributed by atoms with E-state index in [4.69, 9.17) is 5.84 Å². The summed E-state index contributed by atoms with van der Waals surface area (Å²) in [5, 5.41) is 9.02. The van der Waals surface area contributed by atoms with Crippen molar-refractivity contribution in [3.63, 3.8) is 0 Å². The molecule has 0 saturated carbocycles. The number of nitrogen functional groups attached to an aromatic ring is 1. The molecule has 1 aromatic heterocycles. The molecule has 5 heteroatoms. The predicted molar refractivity (Wildman–Crippen MR) is 91.8 cm³/mol. The van der Waals surface area contributed by atoms with Crippen molar-refractivity contribution in [1.29, 1.82) is 0 Å². The van der Waals surface area contributed by atoms with Crippen LogP contribution in [-0.4, -0.2) is 20.6 Å². The summed E-state index contributed by atoms with van der Waals surface area (Å²) in [7, 11) is 0. The van der Waals surface area contributed by atoms with E-state index in [1.165, 1.54) is 10.2 Å². The lowest BCUT2D eigenvalue weighted by Gasteiger charge is -2.02. The summed E-state index contributed by atoms with van der Waals surface area (Å²) < 4.78 is 1.54. The molecule has 3 aromatic rings. The van der Waals surface area contributed by atoms with Gasteiger partial charge in [0.25, 0.3) is 0 Å². The maximum Gasteiger partial charge on any atom is 0.210 e. The Morgan fingerprint density at radius 2 is 1.64 bits per heavy atom. The molecule has 22 heavy (non-hydrogen) atoms. The first-order valence-corrected chi connectivity index (χ1v) is 7.93. The molecular formula is C17H16N4S. The van der Waals surface area contributed by atoms with Gasteiger partial charge in [0.2, 0.25) is 5.16 Å². The zero-order valence-electron chi connectivity index (χ0n) is 12.0. The van der Waals surface area contributed by atoms with Gasteiger partial charge in [-0.05, 0) is 5.56 Å². The first kappa shape index (κ1) is 14.4. The van der Waals surface area contributed by atoms with Crippen molar-refractivity contribution in [3.05, 3.63) is 72.3 Å². The Morgan fingerprint density at radius 1 is 0.955 bits per heavy atom. The highest BCUT2D eigenvalue weighted by Gasteiger charge is 2.10. The van der Waals surface area contributed by atoms with E-state index in [-0.39, 0.29) is 0 Å². The summed E-state index contributed by atoms with van der Waals surface area (Å²) in [5.41, 5.74) is 2.14. The molecule has 2 N–H and O–H groups in total. The average molecular weight is 308 g/mol. The first-order valence-electron chi connectivity index (χ1n) is 6.95. The van der Waals surface area contributed by atoms with Gasteiger partial charge in [-0.2, -0.15) is 0 Å². The second kappa shape index (κ2) is 6.95. The molecule has 0 unspecified atom stereocenters. The molecule has 2 aromatic carbocycles. The van der Waals surface area contributed by atoms with Gasteiger partial charge in [-0.15, -0.1) is 10.2 Å². The van der Waals surface area contributed by atoms with Gasteiger partial charge in [0, 0.05) is 11.3 Å². The number of rotatable bonds is 5. The normalized spacial score (nSPS) is 11.1. The van der Waals surface area contributed by atoms with Crippen LogP contribution in [0.3, 0.4) is 0 Å². The van der Waals surface area contributed by atoms with E-state index in [2.05, 4.69) is 34.5 Å². The van der Waals surface area contributed by atoms with Gasteiger partial charge in [0.05, 0.1) is 0 Å². The maximum absolute atomic E-state index is 6.08. The second-order valence-corrected chi connectivity index (χ2v) is 5.65. The van der Waals surface area contributed by atoms with Crippen molar-refractivity contribution >= 4 is 17.8 Å². The Morgan fingerprint density at radius 3 is 2.36 bits per heavy atom. The minimum atomic E-state index is 0.676. The van der Waals surface area contributed by atoms with Crippen LogP contribution in [0.5, 0.6) is 0 Å². The van der Waals surface area contributed by atoms with Crippen molar-refractivity contribution in [3.8, 4) is 11.4 Å². The highest BCUT2D eigenvalue weighted by Crippen LogP contribution is 2.21. The number of aromatic nitrogens is 3. The Hall–Kier alpha value is -2.53. The van der Waals surface area contributed by atoms with Gasteiger partial charge >= 0.3 is 0 Å². The van der Waals surface area contributed by atoms with E-state index in [1.54, 1.807) is 11.8 Å². The Labute approximate surface area is 133 Å². The molecule has 0 aliphatic carbocycles. The van der Waals surface area contributed by atoms with E-state index < -0.39 is 0 Å². The number of nitrogens with zero attached hydrogens (tertiary/aromatic N) is 3. The lowest BCUT2D eigenvalue weighted by atomic mass is 10.2. The molecule has 0 fully saturated rings. The Bertz CT molecular complexity index is 751. The van der Waals surface area contributed by atoms with Gasteiger partial charge in [0.15, 0.2) is 5.82 Å². The van der Waals surface area contributed by atoms with E-state index >= 15 is 0 Å². The van der Waals surface area contributed by atoms with Gasteiger partial charge in [-0.3, -0.25) is 0 Å². The van der Waals surface area contributed by atoms with Crippen LogP contribution in [0, 0.1) is 0 Å². The van der Waals surface area contributed by atoms with Crippen molar-refractivity contribution in [2.24, 2.45) is 0 Å².